The molecule has 0 N–H and O–H groups in total. The van der Waals surface area contributed by atoms with Crippen molar-refractivity contribution in [1.82, 2.24) is 14.8 Å². The van der Waals surface area contributed by atoms with E-state index in [1.807, 2.05) is 13.8 Å². The molecule has 12 heavy (non-hydrogen) atoms. The maximum absolute atomic E-state index is 11.1. The molecule has 1 heterocycles. The Morgan fingerprint density at radius 1 is 1.50 bits per heavy atom. The molecule has 0 fully saturated rings. The summed E-state index contributed by atoms with van der Waals surface area (Å²) in [6.45, 7) is 7.23. The third-order valence-corrected chi connectivity index (χ3v) is 1.54. The van der Waals surface area contributed by atoms with Gasteiger partial charge in [0.2, 0.25) is 0 Å². The van der Waals surface area contributed by atoms with E-state index >= 15 is 0 Å². The van der Waals surface area contributed by atoms with Gasteiger partial charge in [-0.15, -0.1) is 0 Å². The molecule has 0 spiro atoms. The second kappa shape index (κ2) is 3.05. The predicted octanol–water partition coefficient (Wildman–Crippen LogP) is 1.37. The normalized spacial score (nSPS) is 10.8. The average molecular weight is 167 g/mol. The Bertz CT molecular complexity index is 301. The monoisotopic (exact) mass is 167 g/mol. The fourth-order valence-electron chi connectivity index (χ4n) is 1.03. The number of aryl methyl sites for hydroxylation is 1. The summed E-state index contributed by atoms with van der Waals surface area (Å²) >= 11 is 0. The van der Waals surface area contributed by atoms with E-state index in [1.54, 1.807) is 11.6 Å². The van der Waals surface area contributed by atoms with E-state index < -0.39 is 0 Å². The van der Waals surface area contributed by atoms with Crippen molar-refractivity contribution in [1.29, 1.82) is 0 Å². The van der Waals surface area contributed by atoms with Gasteiger partial charge >= 0.3 is 0 Å². The van der Waals surface area contributed by atoms with Gasteiger partial charge < -0.3 is 0 Å². The second-order valence-corrected chi connectivity index (χ2v) is 3.08. The van der Waals surface area contributed by atoms with Crippen LogP contribution in [0.1, 0.15) is 43.3 Å². The summed E-state index contributed by atoms with van der Waals surface area (Å²) in [7, 11) is 0. The van der Waals surface area contributed by atoms with Crippen LogP contribution in [-0.2, 0) is 0 Å². The quantitative estimate of drug-likeness (QED) is 0.625. The van der Waals surface area contributed by atoms with Crippen molar-refractivity contribution in [2.24, 2.45) is 0 Å². The average Bonchev–Trinajstić information content (AvgIpc) is 2.31. The minimum Gasteiger partial charge on any atom is -0.291 e. The Labute approximate surface area is 71.6 Å². The highest BCUT2D eigenvalue weighted by Gasteiger charge is 2.13. The molecule has 0 saturated carbocycles. The number of carbonyl (C=O) groups is 1. The number of hydrogen-bond donors (Lipinski definition) is 0. The first-order valence-electron chi connectivity index (χ1n) is 3.96. The predicted molar refractivity (Wildman–Crippen MR) is 45.1 cm³/mol. The molecule has 0 aliphatic carbocycles. The third-order valence-electron chi connectivity index (χ3n) is 1.54. The van der Waals surface area contributed by atoms with E-state index in [2.05, 4.69) is 10.1 Å². The van der Waals surface area contributed by atoms with Gasteiger partial charge in [-0.3, -0.25) is 4.79 Å². The molecule has 0 aliphatic rings. The molecule has 0 unspecified atom stereocenters. The van der Waals surface area contributed by atoms with Crippen molar-refractivity contribution in [3.8, 4) is 0 Å². The Balaban J connectivity index is 3.17. The molecule has 0 amide bonds. The van der Waals surface area contributed by atoms with Crippen LogP contribution in [0, 0.1) is 6.92 Å². The van der Waals surface area contributed by atoms with E-state index in [0.717, 1.165) is 0 Å². The van der Waals surface area contributed by atoms with Crippen LogP contribution in [0.3, 0.4) is 0 Å². The summed E-state index contributed by atoms with van der Waals surface area (Å²) in [5.41, 5.74) is 0. The standard InChI is InChI=1S/C8H13N3O/c1-5(2)11-8(6(3)12)9-7(4)10-11/h5H,1-4H3. The van der Waals surface area contributed by atoms with Gasteiger partial charge in [-0.1, -0.05) is 0 Å². The van der Waals surface area contributed by atoms with E-state index in [9.17, 15) is 4.79 Å². The van der Waals surface area contributed by atoms with Gasteiger partial charge in [0.15, 0.2) is 11.6 Å². The summed E-state index contributed by atoms with van der Waals surface area (Å²) in [5, 5.41) is 4.12. The first-order valence-corrected chi connectivity index (χ1v) is 3.96. The topological polar surface area (TPSA) is 47.8 Å². The number of hydrogen-bond acceptors (Lipinski definition) is 3. The summed E-state index contributed by atoms with van der Waals surface area (Å²) in [4.78, 5) is 15.1. The molecule has 1 aromatic rings. The zero-order valence-corrected chi connectivity index (χ0v) is 7.83. The minimum atomic E-state index is -0.0377. The molecule has 1 rings (SSSR count). The summed E-state index contributed by atoms with van der Waals surface area (Å²) in [6.07, 6.45) is 0. The lowest BCUT2D eigenvalue weighted by Gasteiger charge is -2.05. The largest absolute Gasteiger partial charge is 0.291 e. The zero-order valence-electron chi connectivity index (χ0n) is 7.83. The minimum absolute atomic E-state index is 0.0377. The number of nitrogens with zero attached hydrogens (tertiary/aromatic N) is 3. The molecule has 4 nitrogen and oxygen atoms in total. The molecule has 0 aromatic carbocycles. The number of aromatic nitrogens is 3. The first-order chi connectivity index (χ1) is 5.52. The lowest BCUT2D eigenvalue weighted by Crippen LogP contribution is -2.11. The summed E-state index contributed by atoms with van der Waals surface area (Å²) in [5.74, 6) is 1.06. The van der Waals surface area contributed by atoms with Crippen molar-refractivity contribution in [3.05, 3.63) is 11.6 Å². The fraction of sp³-hybridized carbons (Fsp3) is 0.625. The Hall–Kier alpha value is -1.19. The molecule has 66 valence electrons. The number of ketones is 1. The molecule has 1 aromatic heterocycles. The van der Waals surface area contributed by atoms with Gasteiger partial charge in [-0.2, -0.15) is 5.10 Å². The molecule has 4 heteroatoms. The maximum Gasteiger partial charge on any atom is 0.196 e. The summed E-state index contributed by atoms with van der Waals surface area (Å²) < 4.78 is 1.65. The van der Waals surface area contributed by atoms with Crippen LogP contribution >= 0.6 is 0 Å². The lowest BCUT2D eigenvalue weighted by atomic mass is 10.3. The van der Waals surface area contributed by atoms with E-state index in [4.69, 9.17) is 0 Å². The van der Waals surface area contributed by atoms with Crippen molar-refractivity contribution >= 4 is 5.78 Å². The van der Waals surface area contributed by atoms with Crippen LogP contribution in [0.25, 0.3) is 0 Å². The highest BCUT2D eigenvalue weighted by atomic mass is 16.1. The SMILES string of the molecule is CC(=O)c1nc(C)nn1C(C)C. The van der Waals surface area contributed by atoms with Gasteiger partial charge in [-0.25, -0.2) is 9.67 Å². The van der Waals surface area contributed by atoms with E-state index in [1.165, 1.54) is 6.92 Å². The van der Waals surface area contributed by atoms with Gasteiger partial charge in [0.1, 0.15) is 5.82 Å². The molecule has 0 bridgehead atoms. The molecule has 0 atom stereocenters. The molecule has 0 aliphatic heterocycles. The van der Waals surface area contributed by atoms with Crippen molar-refractivity contribution in [2.45, 2.75) is 33.7 Å². The van der Waals surface area contributed by atoms with Crippen LogP contribution in [-0.4, -0.2) is 20.5 Å². The highest BCUT2D eigenvalue weighted by Crippen LogP contribution is 2.07. The highest BCUT2D eigenvalue weighted by molar-refractivity contribution is 5.90. The number of rotatable bonds is 2. The fourth-order valence-corrected chi connectivity index (χ4v) is 1.03. The first kappa shape index (κ1) is 8.90. The third kappa shape index (κ3) is 1.52. The van der Waals surface area contributed by atoms with Gasteiger partial charge in [0, 0.05) is 13.0 Å². The number of carbonyl (C=O) groups excluding carboxylic acids is 1. The second-order valence-electron chi connectivity index (χ2n) is 3.08. The van der Waals surface area contributed by atoms with Crippen LogP contribution < -0.4 is 0 Å². The van der Waals surface area contributed by atoms with Crippen molar-refractivity contribution in [3.63, 3.8) is 0 Å². The van der Waals surface area contributed by atoms with E-state index in [-0.39, 0.29) is 11.8 Å². The summed E-state index contributed by atoms with van der Waals surface area (Å²) in [6, 6.07) is 0.185. The molecular weight excluding hydrogens is 154 g/mol. The maximum atomic E-state index is 11.1. The van der Waals surface area contributed by atoms with E-state index in [0.29, 0.717) is 11.6 Å². The van der Waals surface area contributed by atoms with Crippen LogP contribution in [0.15, 0.2) is 0 Å². The van der Waals surface area contributed by atoms with Crippen molar-refractivity contribution < 1.29 is 4.79 Å². The zero-order chi connectivity index (χ0) is 9.30. The molecule has 0 saturated heterocycles. The Morgan fingerprint density at radius 3 is 2.42 bits per heavy atom. The Kier molecular flexibility index (Phi) is 2.26. The van der Waals surface area contributed by atoms with Gasteiger partial charge in [0.25, 0.3) is 0 Å². The van der Waals surface area contributed by atoms with Crippen molar-refractivity contribution in [2.75, 3.05) is 0 Å². The molecular formula is C8H13N3O. The molecule has 0 radical (unpaired) electrons. The Morgan fingerprint density at radius 2 is 2.08 bits per heavy atom. The van der Waals surface area contributed by atoms with Gasteiger partial charge in [0.05, 0.1) is 0 Å². The van der Waals surface area contributed by atoms with Crippen LogP contribution in [0.2, 0.25) is 0 Å². The van der Waals surface area contributed by atoms with Crippen LogP contribution in [0.4, 0.5) is 0 Å². The van der Waals surface area contributed by atoms with Gasteiger partial charge in [-0.05, 0) is 20.8 Å². The number of Topliss-reactive ketones (excluding diaryl/α,β-unsaturated/α-hetero) is 1. The smallest absolute Gasteiger partial charge is 0.196 e. The lowest BCUT2D eigenvalue weighted by molar-refractivity contribution is 0.0996. The van der Waals surface area contributed by atoms with Crippen LogP contribution in [0.5, 0.6) is 0 Å².